The number of anilines is 1. The summed E-state index contributed by atoms with van der Waals surface area (Å²) in [6.45, 7) is 3.32. The third kappa shape index (κ3) is 2.81. The van der Waals surface area contributed by atoms with Crippen LogP contribution >= 0.6 is 15.9 Å². The molecule has 2 aromatic rings. The summed E-state index contributed by atoms with van der Waals surface area (Å²) < 4.78 is 6.86. The van der Waals surface area contributed by atoms with Crippen LogP contribution in [0.25, 0.3) is 0 Å². The lowest BCUT2D eigenvalue weighted by Crippen LogP contribution is -2.25. The van der Waals surface area contributed by atoms with Gasteiger partial charge in [-0.25, -0.2) is 0 Å². The summed E-state index contributed by atoms with van der Waals surface area (Å²) in [5.41, 5.74) is 9.29. The molecule has 20 heavy (non-hydrogen) atoms. The summed E-state index contributed by atoms with van der Waals surface area (Å²) in [5.74, 6) is 0.995. The fourth-order valence-corrected chi connectivity index (χ4v) is 2.99. The van der Waals surface area contributed by atoms with Gasteiger partial charge in [0.2, 0.25) is 0 Å². The second-order valence-electron chi connectivity index (χ2n) is 4.97. The maximum absolute atomic E-state index is 6.08. The minimum Gasteiger partial charge on any atom is -0.492 e. The second kappa shape index (κ2) is 5.85. The van der Waals surface area contributed by atoms with Crippen LogP contribution in [0.15, 0.2) is 46.9 Å². The van der Waals surface area contributed by atoms with E-state index < -0.39 is 0 Å². The highest BCUT2D eigenvalue weighted by Crippen LogP contribution is 2.27. The molecule has 2 N–H and O–H groups in total. The average molecular weight is 333 g/mol. The molecule has 0 aliphatic carbocycles. The van der Waals surface area contributed by atoms with Gasteiger partial charge in [0.25, 0.3) is 0 Å². The summed E-state index contributed by atoms with van der Waals surface area (Å²) in [4.78, 5) is 2.36. The molecule has 3 nitrogen and oxygen atoms in total. The van der Waals surface area contributed by atoms with Crippen molar-refractivity contribution in [3.05, 3.63) is 58.1 Å². The van der Waals surface area contributed by atoms with Crippen LogP contribution in [0.2, 0.25) is 0 Å². The summed E-state index contributed by atoms with van der Waals surface area (Å²) in [6.07, 6.45) is 0. The topological polar surface area (TPSA) is 38.5 Å². The third-order valence-electron chi connectivity index (χ3n) is 3.57. The van der Waals surface area contributed by atoms with Crippen LogP contribution in [0.4, 0.5) is 5.69 Å². The first kappa shape index (κ1) is 13.5. The Morgan fingerprint density at radius 2 is 2.00 bits per heavy atom. The van der Waals surface area contributed by atoms with E-state index in [0.29, 0.717) is 6.61 Å². The Kier molecular flexibility index (Phi) is 3.94. The predicted octanol–water partition coefficient (Wildman–Crippen LogP) is 3.43. The molecule has 0 unspecified atom stereocenters. The van der Waals surface area contributed by atoms with Crippen molar-refractivity contribution in [2.24, 2.45) is 0 Å². The largest absolute Gasteiger partial charge is 0.492 e. The van der Waals surface area contributed by atoms with Gasteiger partial charge in [-0.3, -0.25) is 4.90 Å². The fourth-order valence-electron chi connectivity index (χ4n) is 2.48. The lowest BCUT2D eigenvalue weighted by atomic mass is 10.1. The monoisotopic (exact) mass is 332 g/mol. The molecule has 0 spiro atoms. The molecule has 0 saturated carbocycles. The third-order valence-corrected chi connectivity index (χ3v) is 4.31. The predicted molar refractivity (Wildman–Crippen MR) is 84.6 cm³/mol. The zero-order chi connectivity index (χ0) is 13.9. The van der Waals surface area contributed by atoms with Crippen molar-refractivity contribution in [3.63, 3.8) is 0 Å². The Balaban J connectivity index is 1.82. The molecule has 0 bridgehead atoms. The smallest absolute Gasteiger partial charge is 0.123 e. The van der Waals surface area contributed by atoms with E-state index in [0.717, 1.165) is 41.1 Å². The lowest BCUT2D eigenvalue weighted by Gasteiger charge is -2.21. The van der Waals surface area contributed by atoms with E-state index in [1.807, 2.05) is 30.3 Å². The Bertz CT molecular complexity index is 595. The summed E-state index contributed by atoms with van der Waals surface area (Å²) in [7, 11) is 0. The number of nitrogens with zero attached hydrogens (tertiary/aromatic N) is 1. The van der Waals surface area contributed by atoms with Gasteiger partial charge in [0.1, 0.15) is 12.4 Å². The van der Waals surface area contributed by atoms with E-state index in [2.05, 4.69) is 33.0 Å². The van der Waals surface area contributed by atoms with Crippen molar-refractivity contribution in [1.29, 1.82) is 0 Å². The van der Waals surface area contributed by atoms with Gasteiger partial charge in [-0.15, -0.1) is 0 Å². The standard InChI is InChI=1S/C16H17BrN2O/c17-14-5-3-6-15(18)13(14)11-19-8-9-20-16-7-2-1-4-12(16)10-19/h1-7H,8-11,18H2. The molecule has 0 radical (unpaired) electrons. The number of fused-ring (bicyclic) bond motifs is 1. The fraction of sp³-hybridized carbons (Fsp3) is 0.250. The van der Waals surface area contributed by atoms with Crippen molar-refractivity contribution in [2.45, 2.75) is 13.1 Å². The Morgan fingerprint density at radius 3 is 2.85 bits per heavy atom. The first-order valence-corrected chi connectivity index (χ1v) is 7.49. The number of benzene rings is 2. The van der Waals surface area contributed by atoms with Crippen LogP contribution in [0, 0.1) is 0 Å². The number of hydrogen-bond acceptors (Lipinski definition) is 3. The number of para-hydroxylation sites is 1. The Hall–Kier alpha value is -1.52. The van der Waals surface area contributed by atoms with Crippen LogP contribution < -0.4 is 10.5 Å². The molecule has 0 atom stereocenters. The number of hydrogen-bond donors (Lipinski definition) is 1. The van der Waals surface area contributed by atoms with Crippen LogP contribution in [-0.4, -0.2) is 18.1 Å². The van der Waals surface area contributed by atoms with Crippen LogP contribution in [0.3, 0.4) is 0 Å². The van der Waals surface area contributed by atoms with Crippen molar-refractivity contribution in [1.82, 2.24) is 4.90 Å². The van der Waals surface area contributed by atoms with Crippen LogP contribution in [0.5, 0.6) is 5.75 Å². The SMILES string of the molecule is Nc1cccc(Br)c1CN1CCOc2ccccc2C1. The van der Waals surface area contributed by atoms with Gasteiger partial charge in [0.05, 0.1) is 0 Å². The summed E-state index contributed by atoms with van der Waals surface area (Å²) in [5, 5.41) is 0. The highest BCUT2D eigenvalue weighted by molar-refractivity contribution is 9.10. The van der Waals surface area contributed by atoms with E-state index in [-0.39, 0.29) is 0 Å². The van der Waals surface area contributed by atoms with Crippen molar-refractivity contribution in [2.75, 3.05) is 18.9 Å². The first-order valence-electron chi connectivity index (χ1n) is 6.70. The minimum absolute atomic E-state index is 0.710. The van der Waals surface area contributed by atoms with Crippen molar-refractivity contribution in [3.8, 4) is 5.75 Å². The normalized spacial score (nSPS) is 15.2. The van der Waals surface area contributed by atoms with E-state index in [9.17, 15) is 0 Å². The molecule has 0 aromatic heterocycles. The first-order chi connectivity index (χ1) is 9.74. The molecule has 1 aliphatic rings. The quantitative estimate of drug-likeness (QED) is 0.856. The Morgan fingerprint density at radius 1 is 1.15 bits per heavy atom. The summed E-state index contributed by atoms with van der Waals surface area (Å²) in [6, 6.07) is 14.2. The van der Waals surface area contributed by atoms with E-state index in [1.165, 1.54) is 5.56 Å². The van der Waals surface area contributed by atoms with Gasteiger partial charge in [-0.2, -0.15) is 0 Å². The van der Waals surface area contributed by atoms with Gasteiger partial charge in [0, 0.05) is 40.9 Å². The molecule has 1 heterocycles. The second-order valence-corrected chi connectivity index (χ2v) is 5.83. The van der Waals surface area contributed by atoms with E-state index in [1.54, 1.807) is 0 Å². The van der Waals surface area contributed by atoms with E-state index >= 15 is 0 Å². The maximum Gasteiger partial charge on any atom is 0.123 e. The Labute approximate surface area is 127 Å². The van der Waals surface area contributed by atoms with Crippen molar-refractivity contribution < 1.29 is 4.74 Å². The number of halogens is 1. The minimum atomic E-state index is 0.710. The zero-order valence-electron chi connectivity index (χ0n) is 11.2. The number of rotatable bonds is 2. The highest BCUT2D eigenvalue weighted by atomic mass is 79.9. The summed E-state index contributed by atoms with van der Waals surface area (Å²) >= 11 is 3.59. The lowest BCUT2D eigenvalue weighted by molar-refractivity contribution is 0.219. The average Bonchev–Trinajstić information content (AvgIpc) is 2.64. The van der Waals surface area contributed by atoms with Gasteiger partial charge in [-0.1, -0.05) is 40.2 Å². The molecule has 3 rings (SSSR count). The van der Waals surface area contributed by atoms with Crippen molar-refractivity contribution >= 4 is 21.6 Å². The molecule has 1 aliphatic heterocycles. The molecule has 104 valence electrons. The molecule has 0 saturated heterocycles. The molecule has 0 amide bonds. The highest BCUT2D eigenvalue weighted by Gasteiger charge is 2.16. The zero-order valence-corrected chi connectivity index (χ0v) is 12.8. The van der Waals surface area contributed by atoms with E-state index in [4.69, 9.17) is 10.5 Å². The van der Waals surface area contributed by atoms with Gasteiger partial charge < -0.3 is 10.5 Å². The molecule has 0 fully saturated rings. The molecule has 4 heteroatoms. The van der Waals surface area contributed by atoms with Crippen LogP contribution in [0.1, 0.15) is 11.1 Å². The molecular formula is C16H17BrN2O. The van der Waals surface area contributed by atoms with Gasteiger partial charge in [-0.05, 0) is 18.2 Å². The maximum atomic E-state index is 6.08. The van der Waals surface area contributed by atoms with Gasteiger partial charge >= 0.3 is 0 Å². The molecule has 2 aromatic carbocycles. The number of ether oxygens (including phenoxy) is 1. The van der Waals surface area contributed by atoms with Crippen LogP contribution in [-0.2, 0) is 13.1 Å². The van der Waals surface area contributed by atoms with Gasteiger partial charge in [0.15, 0.2) is 0 Å². The number of nitrogen functional groups attached to an aromatic ring is 1. The number of nitrogens with two attached hydrogens (primary N) is 1. The molecular weight excluding hydrogens is 316 g/mol.